The van der Waals surface area contributed by atoms with Crippen LogP contribution in [-0.4, -0.2) is 35.0 Å². The fourth-order valence-corrected chi connectivity index (χ4v) is 3.50. The van der Waals surface area contributed by atoms with E-state index in [2.05, 4.69) is 10.4 Å². The van der Waals surface area contributed by atoms with Gasteiger partial charge >= 0.3 is 0 Å². The predicted molar refractivity (Wildman–Crippen MR) is 110 cm³/mol. The number of hydrazone groups is 1. The minimum atomic E-state index is -0.378. The average Bonchev–Trinajstić information content (AvgIpc) is 3.17. The van der Waals surface area contributed by atoms with Gasteiger partial charge in [0.15, 0.2) is 0 Å². The summed E-state index contributed by atoms with van der Waals surface area (Å²) in [5.41, 5.74) is 2.37. The van der Waals surface area contributed by atoms with Crippen LogP contribution in [0.1, 0.15) is 31.2 Å². The molecule has 0 saturated carbocycles. The normalized spacial score (nSPS) is 16.6. The van der Waals surface area contributed by atoms with Crippen LogP contribution < -0.4 is 10.2 Å². The molecule has 0 unspecified atom stereocenters. The summed E-state index contributed by atoms with van der Waals surface area (Å²) in [7, 11) is 0. The summed E-state index contributed by atoms with van der Waals surface area (Å²) in [5.74, 6) is -0.811. The van der Waals surface area contributed by atoms with Crippen molar-refractivity contribution >= 4 is 34.8 Å². The Morgan fingerprint density at radius 1 is 0.967 bits per heavy atom. The fourth-order valence-electron chi connectivity index (χ4n) is 3.50. The smallest absolute Gasteiger partial charge is 0.271 e. The maximum atomic E-state index is 13.1. The van der Waals surface area contributed by atoms with Crippen molar-refractivity contribution in [3.05, 3.63) is 59.9 Å². The molecule has 30 heavy (non-hydrogen) atoms. The van der Waals surface area contributed by atoms with E-state index in [0.29, 0.717) is 18.7 Å². The number of carbonyl (C=O) groups is 3. The molecule has 0 radical (unpaired) electrons. The summed E-state index contributed by atoms with van der Waals surface area (Å²) in [4.78, 5) is 38.3. The fraction of sp³-hybridized carbons (Fsp3) is 0.273. The molecule has 1 saturated heterocycles. The van der Waals surface area contributed by atoms with Gasteiger partial charge in [-0.15, -0.1) is 0 Å². The van der Waals surface area contributed by atoms with E-state index in [1.807, 2.05) is 0 Å². The van der Waals surface area contributed by atoms with E-state index in [4.69, 9.17) is 0 Å². The topological polar surface area (TPSA) is 82.1 Å². The van der Waals surface area contributed by atoms with Crippen LogP contribution in [0.15, 0.2) is 53.6 Å². The Hall–Kier alpha value is -3.55. The first-order valence-corrected chi connectivity index (χ1v) is 9.84. The Balaban J connectivity index is 1.42. The molecule has 7 nitrogen and oxygen atoms in total. The summed E-state index contributed by atoms with van der Waals surface area (Å²) < 4.78 is 13.1. The molecule has 1 fully saturated rings. The van der Waals surface area contributed by atoms with Crippen molar-refractivity contribution < 1.29 is 18.8 Å². The van der Waals surface area contributed by atoms with Crippen LogP contribution in [0.5, 0.6) is 0 Å². The zero-order chi connectivity index (χ0) is 21.1. The van der Waals surface area contributed by atoms with E-state index in [1.165, 1.54) is 17.1 Å². The minimum Gasteiger partial charge on any atom is -0.321 e. The molecule has 2 heterocycles. The molecule has 2 aromatic carbocycles. The van der Waals surface area contributed by atoms with Gasteiger partial charge in [-0.1, -0.05) is 12.1 Å². The van der Waals surface area contributed by atoms with Gasteiger partial charge in [-0.2, -0.15) is 5.10 Å². The largest absolute Gasteiger partial charge is 0.321 e. The lowest BCUT2D eigenvalue weighted by molar-refractivity contribution is -0.132. The molecule has 1 N–H and O–H groups in total. The molecular formula is C22H21FN4O3. The molecule has 2 aromatic rings. The van der Waals surface area contributed by atoms with Gasteiger partial charge in [0.05, 0.1) is 6.54 Å². The first kappa shape index (κ1) is 19.8. The second kappa shape index (κ2) is 8.44. The average molecular weight is 408 g/mol. The van der Waals surface area contributed by atoms with Crippen LogP contribution in [-0.2, 0) is 20.9 Å². The van der Waals surface area contributed by atoms with Gasteiger partial charge in [-0.05, 0) is 48.4 Å². The maximum absolute atomic E-state index is 13.1. The van der Waals surface area contributed by atoms with Crippen molar-refractivity contribution in [1.82, 2.24) is 5.01 Å². The molecule has 8 heteroatoms. The highest BCUT2D eigenvalue weighted by Gasteiger charge is 2.25. The molecule has 3 amide bonds. The number of hydrogen-bond acceptors (Lipinski definition) is 4. The molecular weight excluding hydrogens is 387 g/mol. The third kappa shape index (κ3) is 4.37. The van der Waals surface area contributed by atoms with Gasteiger partial charge in [-0.25, -0.2) is 9.40 Å². The summed E-state index contributed by atoms with van der Waals surface area (Å²) in [6.45, 7) is 0.883. The lowest BCUT2D eigenvalue weighted by Crippen LogP contribution is -2.36. The van der Waals surface area contributed by atoms with Crippen molar-refractivity contribution in [2.75, 3.05) is 16.8 Å². The minimum absolute atomic E-state index is 0.106. The number of benzene rings is 2. The standard InChI is InChI=1S/C22H21FN4O3/c23-16-5-3-15(4-6-16)14-27-21(29)12-11-19(25-27)22(30)24-17-7-9-18(10-8-17)26-13-1-2-20(26)28/h3-10H,1-2,11-14H2,(H,24,30). The molecule has 2 aliphatic rings. The molecule has 0 bridgehead atoms. The summed E-state index contributed by atoms with van der Waals surface area (Å²) in [6.07, 6.45) is 1.85. The van der Waals surface area contributed by atoms with E-state index >= 15 is 0 Å². The van der Waals surface area contributed by atoms with Crippen LogP contribution in [0, 0.1) is 5.82 Å². The monoisotopic (exact) mass is 408 g/mol. The number of nitrogens with one attached hydrogen (secondary N) is 1. The SMILES string of the molecule is O=C(Nc1ccc(N2CCCC2=O)cc1)C1=NN(Cc2ccc(F)cc2)C(=O)CC1. The van der Waals surface area contributed by atoms with Crippen molar-refractivity contribution in [1.29, 1.82) is 0 Å². The number of carbonyl (C=O) groups excluding carboxylic acids is 3. The third-order valence-corrected chi connectivity index (χ3v) is 5.12. The van der Waals surface area contributed by atoms with Crippen molar-refractivity contribution in [2.24, 2.45) is 5.10 Å². The molecule has 154 valence electrons. The zero-order valence-electron chi connectivity index (χ0n) is 16.3. The number of anilines is 2. The molecule has 0 aromatic heterocycles. The molecule has 4 rings (SSSR count). The number of nitrogens with zero attached hydrogens (tertiary/aromatic N) is 3. The number of halogens is 1. The van der Waals surface area contributed by atoms with Gasteiger partial charge in [0.2, 0.25) is 11.8 Å². The van der Waals surface area contributed by atoms with Crippen molar-refractivity contribution in [3.63, 3.8) is 0 Å². The third-order valence-electron chi connectivity index (χ3n) is 5.12. The van der Waals surface area contributed by atoms with Gasteiger partial charge in [-0.3, -0.25) is 14.4 Å². The number of rotatable bonds is 5. The van der Waals surface area contributed by atoms with Crippen LogP contribution in [0.2, 0.25) is 0 Å². The highest BCUT2D eigenvalue weighted by atomic mass is 19.1. The second-order valence-corrected chi connectivity index (χ2v) is 7.27. The molecule has 2 aliphatic heterocycles. The first-order valence-electron chi connectivity index (χ1n) is 9.84. The van der Waals surface area contributed by atoms with E-state index in [9.17, 15) is 18.8 Å². The van der Waals surface area contributed by atoms with Crippen molar-refractivity contribution in [3.8, 4) is 0 Å². The Kier molecular flexibility index (Phi) is 5.56. The Labute approximate surface area is 173 Å². The van der Waals surface area contributed by atoms with Crippen LogP contribution in [0.4, 0.5) is 15.8 Å². The number of amides is 3. The van der Waals surface area contributed by atoms with E-state index in [1.54, 1.807) is 41.3 Å². The van der Waals surface area contributed by atoms with Gasteiger partial charge in [0.1, 0.15) is 11.5 Å². The number of hydrogen-bond donors (Lipinski definition) is 1. The lowest BCUT2D eigenvalue weighted by atomic mass is 10.1. The van der Waals surface area contributed by atoms with Crippen LogP contribution >= 0.6 is 0 Å². The lowest BCUT2D eigenvalue weighted by Gasteiger charge is -2.23. The Bertz CT molecular complexity index is 1000. The summed E-state index contributed by atoms with van der Waals surface area (Å²) >= 11 is 0. The quantitative estimate of drug-likeness (QED) is 0.826. The van der Waals surface area contributed by atoms with E-state index < -0.39 is 0 Å². The molecule has 0 atom stereocenters. The highest BCUT2D eigenvalue weighted by molar-refractivity contribution is 6.43. The van der Waals surface area contributed by atoms with E-state index in [0.717, 1.165) is 17.7 Å². The van der Waals surface area contributed by atoms with Gasteiger partial charge in [0.25, 0.3) is 5.91 Å². The zero-order valence-corrected chi connectivity index (χ0v) is 16.3. The molecule has 0 aliphatic carbocycles. The highest BCUT2D eigenvalue weighted by Crippen LogP contribution is 2.23. The van der Waals surface area contributed by atoms with Gasteiger partial charge < -0.3 is 10.2 Å². The second-order valence-electron chi connectivity index (χ2n) is 7.27. The van der Waals surface area contributed by atoms with Crippen LogP contribution in [0.25, 0.3) is 0 Å². The van der Waals surface area contributed by atoms with Crippen LogP contribution in [0.3, 0.4) is 0 Å². The Morgan fingerprint density at radius 2 is 1.70 bits per heavy atom. The molecule has 0 spiro atoms. The van der Waals surface area contributed by atoms with Crippen molar-refractivity contribution in [2.45, 2.75) is 32.2 Å². The maximum Gasteiger partial charge on any atom is 0.271 e. The summed E-state index contributed by atoms with van der Waals surface area (Å²) in [5, 5.41) is 8.24. The summed E-state index contributed by atoms with van der Waals surface area (Å²) in [6, 6.07) is 12.9. The van der Waals surface area contributed by atoms with Gasteiger partial charge in [0, 0.05) is 37.2 Å². The predicted octanol–water partition coefficient (Wildman–Crippen LogP) is 3.07. The van der Waals surface area contributed by atoms with E-state index in [-0.39, 0.29) is 48.6 Å². The first-order chi connectivity index (χ1) is 14.5. The Morgan fingerprint density at radius 3 is 2.37 bits per heavy atom.